The minimum absolute atomic E-state index is 0.138. The highest BCUT2D eigenvalue weighted by molar-refractivity contribution is 5.79. The summed E-state index contributed by atoms with van der Waals surface area (Å²) in [6.45, 7) is 12.1. The van der Waals surface area contributed by atoms with Crippen molar-refractivity contribution >= 4 is 11.7 Å². The summed E-state index contributed by atoms with van der Waals surface area (Å²) in [6, 6.07) is 12.7. The molecule has 1 aliphatic heterocycles. The van der Waals surface area contributed by atoms with Crippen LogP contribution in [-0.4, -0.2) is 46.2 Å². The number of anilines is 1. The van der Waals surface area contributed by atoms with E-state index in [4.69, 9.17) is 0 Å². The lowest BCUT2D eigenvalue weighted by molar-refractivity contribution is -0.135. The molecule has 1 fully saturated rings. The summed E-state index contributed by atoms with van der Waals surface area (Å²) in [5.74, 6) is 1.59. The van der Waals surface area contributed by atoms with Crippen molar-refractivity contribution in [2.75, 3.05) is 18.0 Å². The van der Waals surface area contributed by atoms with Gasteiger partial charge in [-0.25, -0.2) is 0 Å². The maximum Gasteiger partial charge on any atom is 0.227 e. The van der Waals surface area contributed by atoms with Crippen LogP contribution in [0.15, 0.2) is 36.4 Å². The van der Waals surface area contributed by atoms with Gasteiger partial charge in [-0.15, -0.1) is 5.10 Å². The van der Waals surface area contributed by atoms with Gasteiger partial charge < -0.3 is 9.80 Å². The molecule has 1 amide bonds. The Labute approximate surface area is 162 Å². The predicted octanol–water partition coefficient (Wildman–Crippen LogP) is 3.58. The number of carbonyl (C=O) groups is 1. The van der Waals surface area contributed by atoms with Gasteiger partial charge in [0.05, 0.1) is 12.1 Å². The van der Waals surface area contributed by atoms with Crippen LogP contribution in [0.25, 0.3) is 0 Å². The molecule has 1 aliphatic rings. The Hall–Kier alpha value is -2.43. The Balaban J connectivity index is 1.66. The van der Waals surface area contributed by atoms with E-state index in [-0.39, 0.29) is 18.0 Å². The maximum atomic E-state index is 13.0. The first-order chi connectivity index (χ1) is 12.8. The highest BCUT2D eigenvalue weighted by Crippen LogP contribution is 2.22. The van der Waals surface area contributed by atoms with Gasteiger partial charge in [0.2, 0.25) is 5.91 Å². The first kappa shape index (κ1) is 19.3. The SMILES string of the molecule is Cc1ccc(N2C[C@@H](C)N(C(=O)Cc3ccc(C(C)C)cc3)[C@@H](C)C2)nn1. The van der Waals surface area contributed by atoms with E-state index < -0.39 is 0 Å². The number of hydrogen-bond acceptors (Lipinski definition) is 4. The smallest absolute Gasteiger partial charge is 0.227 e. The Morgan fingerprint density at radius 3 is 2.19 bits per heavy atom. The second-order valence-electron chi connectivity index (χ2n) is 8.01. The van der Waals surface area contributed by atoms with E-state index >= 15 is 0 Å². The third-order valence-electron chi connectivity index (χ3n) is 5.32. The van der Waals surface area contributed by atoms with Crippen LogP contribution in [0.3, 0.4) is 0 Å². The number of rotatable bonds is 4. The quantitative estimate of drug-likeness (QED) is 0.830. The summed E-state index contributed by atoms with van der Waals surface area (Å²) >= 11 is 0. The van der Waals surface area contributed by atoms with E-state index in [1.165, 1.54) is 5.56 Å². The summed E-state index contributed by atoms with van der Waals surface area (Å²) in [5, 5.41) is 8.46. The largest absolute Gasteiger partial charge is 0.351 e. The van der Waals surface area contributed by atoms with Crippen LogP contribution in [0.4, 0.5) is 5.82 Å². The molecule has 0 radical (unpaired) electrons. The van der Waals surface area contributed by atoms with Crippen molar-refractivity contribution in [1.29, 1.82) is 0 Å². The number of benzene rings is 1. The number of nitrogens with zero attached hydrogens (tertiary/aromatic N) is 4. The molecule has 1 aromatic carbocycles. The monoisotopic (exact) mass is 366 g/mol. The lowest BCUT2D eigenvalue weighted by Crippen LogP contribution is -2.59. The zero-order valence-electron chi connectivity index (χ0n) is 17.0. The van der Waals surface area contributed by atoms with Crippen LogP contribution >= 0.6 is 0 Å². The topological polar surface area (TPSA) is 49.3 Å². The molecule has 5 heteroatoms. The summed E-state index contributed by atoms with van der Waals surface area (Å²) < 4.78 is 0. The molecular weight excluding hydrogens is 336 g/mol. The molecule has 5 nitrogen and oxygen atoms in total. The number of aryl methyl sites for hydroxylation is 1. The fourth-order valence-electron chi connectivity index (χ4n) is 3.85. The summed E-state index contributed by atoms with van der Waals surface area (Å²) in [7, 11) is 0. The van der Waals surface area contributed by atoms with Gasteiger partial charge in [-0.3, -0.25) is 4.79 Å². The van der Waals surface area contributed by atoms with Crippen molar-refractivity contribution in [1.82, 2.24) is 15.1 Å². The molecular formula is C22H30N4O. The highest BCUT2D eigenvalue weighted by atomic mass is 16.2. The molecule has 2 atom stereocenters. The molecule has 27 heavy (non-hydrogen) atoms. The van der Waals surface area contributed by atoms with Gasteiger partial charge in [-0.2, -0.15) is 5.10 Å². The van der Waals surface area contributed by atoms with Gasteiger partial charge in [0.25, 0.3) is 0 Å². The first-order valence-corrected chi connectivity index (χ1v) is 9.80. The third kappa shape index (κ3) is 4.46. The van der Waals surface area contributed by atoms with E-state index in [2.05, 4.69) is 67.1 Å². The molecule has 0 N–H and O–H groups in total. The average molecular weight is 367 g/mol. The Morgan fingerprint density at radius 1 is 1.04 bits per heavy atom. The molecule has 0 aliphatic carbocycles. The van der Waals surface area contributed by atoms with Crippen molar-refractivity contribution in [3.8, 4) is 0 Å². The van der Waals surface area contributed by atoms with Crippen molar-refractivity contribution in [3.05, 3.63) is 53.2 Å². The second-order valence-corrected chi connectivity index (χ2v) is 8.01. The minimum atomic E-state index is 0.138. The average Bonchev–Trinajstić information content (AvgIpc) is 2.62. The van der Waals surface area contributed by atoms with Crippen LogP contribution in [0, 0.1) is 6.92 Å². The first-order valence-electron chi connectivity index (χ1n) is 9.80. The van der Waals surface area contributed by atoms with Crippen molar-refractivity contribution < 1.29 is 4.79 Å². The van der Waals surface area contributed by atoms with Crippen LogP contribution in [0.5, 0.6) is 0 Å². The molecule has 2 heterocycles. The standard InChI is InChI=1S/C22H30N4O/c1-15(2)20-9-7-19(8-10-20)12-22(27)26-17(4)13-25(14-18(26)5)21-11-6-16(3)23-24-21/h6-11,15,17-18H,12-14H2,1-5H3/t17-,18+. The Kier molecular flexibility index (Phi) is 5.78. The molecule has 1 aromatic heterocycles. The molecule has 0 unspecified atom stereocenters. The van der Waals surface area contributed by atoms with Crippen LogP contribution in [-0.2, 0) is 11.2 Å². The zero-order valence-corrected chi connectivity index (χ0v) is 17.0. The lowest BCUT2D eigenvalue weighted by atomic mass is 10.00. The van der Waals surface area contributed by atoms with Gasteiger partial charge in [0.1, 0.15) is 0 Å². The van der Waals surface area contributed by atoms with E-state index in [0.29, 0.717) is 12.3 Å². The number of hydrogen-bond donors (Lipinski definition) is 0. The van der Waals surface area contributed by atoms with Crippen molar-refractivity contribution in [2.24, 2.45) is 0 Å². The zero-order chi connectivity index (χ0) is 19.6. The van der Waals surface area contributed by atoms with Crippen LogP contribution < -0.4 is 4.90 Å². The Morgan fingerprint density at radius 2 is 1.67 bits per heavy atom. The van der Waals surface area contributed by atoms with Gasteiger partial charge in [0.15, 0.2) is 5.82 Å². The molecule has 0 bridgehead atoms. The molecule has 0 saturated carbocycles. The second kappa shape index (κ2) is 8.07. The van der Waals surface area contributed by atoms with E-state index in [0.717, 1.165) is 30.2 Å². The Bertz CT molecular complexity index is 758. The third-order valence-corrected chi connectivity index (χ3v) is 5.32. The van der Waals surface area contributed by atoms with E-state index in [9.17, 15) is 4.79 Å². The lowest BCUT2D eigenvalue weighted by Gasteiger charge is -2.45. The number of aromatic nitrogens is 2. The van der Waals surface area contributed by atoms with Gasteiger partial charge in [-0.05, 0) is 49.9 Å². The van der Waals surface area contributed by atoms with Crippen molar-refractivity contribution in [3.63, 3.8) is 0 Å². The van der Waals surface area contributed by atoms with Crippen LogP contribution in [0.1, 0.15) is 50.4 Å². The number of piperazine rings is 1. The minimum Gasteiger partial charge on any atom is -0.351 e. The summed E-state index contributed by atoms with van der Waals surface area (Å²) in [5.41, 5.74) is 3.30. The van der Waals surface area contributed by atoms with Crippen molar-refractivity contribution in [2.45, 2.75) is 59.0 Å². The van der Waals surface area contributed by atoms with Gasteiger partial charge >= 0.3 is 0 Å². The van der Waals surface area contributed by atoms with Crippen LogP contribution in [0.2, 0.25) is 0 Å². The number of carbonyl (C=O) groups excluding carboxylic acids is 1. The normalized spacial score (nSPS) is 20.2. The molecule has 3 rings (SSSR count). The predicted molar refractivity (Wildman–Crippen MR) is 109 cm³/mol. The van der Waals surface area contributed by atoms with E-state index in [1.807, 2.05) is 24.0 Å². The molecule has 0 spiro atoms. The van der Waals surface area contributed by atoms with E-state index in [1.54, 1.807) is 0 Å². The molecule has 144 valence electrons. The number of amides is 1. The molecule has 1 saturated heterocycles. The van der Waals surface area contributed by atoms with Gasteiger partial charge in [0, 0.05) is 25.2 Å². The maximum absolute atomic E-state index is 13.0. The summed E-state index contributed by atoms with van der Waals surface area (Å²) in [6.07, 6.45) is 0.456. The summed E-state index contributed by atoms with van der Waals surface area (Å²) in [4.78, 5) is 17.2. The fraction of sp³-hybridized carbons (Fsp3) is 0.500. The fourth-order valence-corrected chi connectivity index (χ4v) is 3.85. The molecule has 2 aromatic rings. The highest BCUT2D eigenvalue weighted by Gasteiger charge is 2.33. The van der Waals surface area contributed by atoms with Gasteiger partial charge in [-0.1, -0.05) is 38.1 Å².